The fourth-order valence-corrected chi connectivity index (χ4v) is 1.39. The zero-order valence-electron chi connectivity index (χ0n) is 6.00. The summed E-state index contributed by atoms with van der Waals surface area (Å²) < 4.78 is 2.96. The number of fused-ring (bicyclic) bond motifs is 1. The molecule has 0 aliphatic carbocycles. The molecule has 55 valence electrons. The Morgan fingerprint density at radius 2 is 2.45 bits per heavy atom. The van der Waals surface area contributed by atoms with E-state index in [1.807, 2.05) is 29.7 Å². The van der Waals surface area contributed by atoms with E-state index < -0.39 is 0 Å². The van der Waals surface area contributed by atoms with Crippen LogP contribution in [0.1, 0.15) is 5.69 Å². The zero-order chi connectivity index (χ0) is 7.84. The molecule has 1 radical (unpaired) electrons. The van der Waals surface area contributed by atoms with Crippen molar-refractivity contribution in [1.82, 2.24) is 9.38 Å². The van der Waals surface area contributed by atoms with Crippen LogP contribution in [0.3, 0.4) is 0 Å². The molecule has 3 heteroatoms. The van der Waals surface area contributed by atoms with Crippen LogP contribution in [0, 0.1) is 13.0 Å². The second kappa shape index (κ2) is 2.34. The fourth-order valence-electron chi connectivity index (χ4n) is 1.02. The van der Waals surface area contributed by atoms with Gasteiger partial charge >= 0.3 is 0 Å². The topological polar surface area (TPSA) is 17.3 Å². The maximum Gasteiger partial charge on any atom is 0.145 e. The molecule has 2 aromatic rings. The van der Waals surface area contributed by atoms with Gasteiger partial charge in [-0.1, -0.05) is 0 Å². The summed E-state index contributed by atoms with van der Waals surface area (Å²) in [7, 11) is 0. The highest BCUT2D eigenvalue weighted by molar-refractivity contribution is 9.10. The average Bonchev–Trinajstić information content (AvgIpc) is 2.30. The Kier molecular flexibility index (Phi) is 1.46. The first-order valence-electron chi connectivity index (χ1n) is 3.30. The summed E-state index contributed by atoms with van der Waals surface area (Å²) in [5.41, 5.74) is 1.85. The minimum Gasteiger partial charge on any atom is -0.293 e. The van der Waals surface area contributed by atoms with Crippen LogP contribution in [-0.4, -0.2) is 9.38 Å². The second-order valence-corrected chi connectivity index (χ2v) is 3.09. The predicted molar refractivity (Wildman–Crippen MR) is 46.5 cm³/mol. The SMILES string of the molecule is Cc1nc2[c]cccn2c1Br. The van der Waals surface area contributed by atoms with Gasteiger partial charge in [-0.05, 0) is 35.0 Å². The van der Waals surface area contributed by atoms with Crippen molar-refractivity contribution in [2.24, 2.45) is 0 Å². The molecule has 0 N–H and O–H groups in total. The third kappa shape index (κ3) is 0.959. The molecule has 0 bridgehead atoms. The van der Waals surface area contributed by atoms with Crippen LogP contribution in [0.4, 0.5) is 0 Å². The van der Waals surface area contributed by atoms with Crippen molar-refractivity contribution in [3.63, 3.8) is 0 Å². The van der Waals surface area contributed by atoms with Crippen molar-refractivity contribution >= 4 is 21.6 Å². The Labute approximate surface area is 73.0 Å². The van der Waals surface area contributed by atoms with Crippen molar-refractivity contribution in [2.45, 2.75) is 6.92 Å². The summed E-state index contributed by atoms with van der Waals surface area (Å²) in [4.78, 5) is 4.27. The Morgan fingerprint density at radius 1 is 1.64 bits per heavy atom. The lowest BCUT2D eigenvalue weighted by molar-refractivity contribution is 1.14. The molecule has 2 aromatic heterocycles. The van der Waals surface area contributed by atoms with E-state index in [9.17, 15) is 0 Å². The van der Waals surface area contributed by atoms with Gasteiger partial charge in [0.25, 0.3) is 0 Å². The predicted octanol–water partition coefficient (Wildman–Crippen LogP) is 2.21. The Bertz CT molecular complexity index is 392. The number of aryl methyl sites for hydroxylation is 1. The molecule has 0 spiro atoms. The van der Waals surface area contributed by atoms with E-state index in [1.54, 1.807) is 0 Å². The third-order valence-electron chi connectivity index (χ3n) is 1.56. The second-order valence-electron chi connectivity index (χ2n) is 2.33. The molecule has 0 aromatic carbocycles. The van der Waals surface area contributed by atoms with Crippen LogP contribution in [0.25, 0.3) is 5.65 Å². The monoisotopic (exact) mass is 209 g/mol. The van der Waals surface area contributed by atoms with Crippen molar-refractivity contribution in [3.8, 4) is 0 Å². The summed E-state index contributed by atoms with van der Waals surface area (Å²) in [6, 6.07) is 6.82. The van der Waals surface area contributed by atoms with Crippen LogP contribution in [0.2, 0.25) is 0 Å². The molecule has 11 heavy (non-hydrogen) atoms. The first kappa shape index (κ1) is 6.85. The number of aromatic nitrogens is 2. The summed E-state index contributed by atoms with van der Waals surface area (Å²) in [5, 5.41) is 0. The normalized spacial score (nSPS) is 10.7. The first-order chi connectivity index (χ1) is 5.29. The van der Waals surface area contributed by atoms with Gasteiger partial charge in [0.2, 0.25) is 0 Å². The van der Waals surface area contributed by atoms with E-state index in [-0.39, 0.29) is 0 Å². The number of imidazole rings is 1. The highest BCUT2D eigenvalue weighted by Gasteiger charge is 2.02. The van der Waals surface area contributed by atoms with Crippen LogP contribution in [0.15, 0.2) is 22.9 Å². The minimum atomic E-state index is 0.858. The van der Waals surface area contributed by atoms with E-state index >= 15 is 0 Å². The molecule has 0 aliphatic heterocycles. The molecular formula is C8H6BrN2. The molecule has 0 saturated heterocycles. The molecule has 2 nitrogen and oxygen atoms in total. The largest absolute Gasteiger partial charge is 0.293 e. The van der Waals surface area contributed by atoms with Gasteiger partial charge in [-0.15, -0.1) is 0 Å². The van der Waals surface area contributed by atoms with E-state index in [2.05, 4.69) is 27.0 Å². The lowest BCUT2D eigenvalue weighted by atomic mass is 10.5. The number of hydrogen-bond acceptors (Lipinski definition) is 1. The molecule has 2 rings (SSSR count). The summed E-state index contributed by atoms with van der Waals surface area (Å²) in [6.45, 7) is 1.96. The molecule has 0 fully saturated rings. The molecular weight excluding hydrogens is 204 g/mol. The smallest absolute Gasteiger partial charge is 0.145 e. The summed E-state index contributed by atoms with van der Waals surface area (Å²) in [5.74, 6) is 0. The van der Waals surface area contributed by atoms with E-state index in [0.29, 0.717) is 0 Å². The lowest BCUT2D eigenvalue weighted by Crippen LogP contribution is -1.81. The summed E-state index contributed by atoms with van der Waals surface area (Å²) in [6.07, 6.45) is 1.95. The van der Waals surface area contributed by atoms with Gasteiger partial charge in [-0.3, -0.25) is 4.40 Å². The zero-order valence-corrected chi connectivity index (χ0v) is 7.59. The van der Waals surface area contributed by atoms with Crippen LogP contribution >= 0.6 is 15.9 Å². The number of halogens is 1. The van der Waals surface area contributed by atoms with Crippen molar-refractivity contribution < 1.29 is 0 Å². The molecule has 0 aliphatic rings. The van der Waals surface area contributed by atoms with Crippen molar-refractivity contribution in [1.29, 1.82) is 0 Å². The highest BCUT2D eigenvalue weighted by atomic mass is 79.9. The van der Waals surface area contributed by atoms with E-state index in [1.165, 1.54) is 0 Å². The van der Waals surface area contributed by atoms with Gasteiger partial charge in [0, 0.05) is 12.3 Å². The quantitative estimate of drug-likeness (QED) is 0.651. The maximum atomic E-state index is 4.27. The Morgan fingerprint density at radius 3 is 3.18 bits per heavy atom. The maximum absolute atomic E-state index is 4.27. The van der Waals surface area contributed by atoms with Gasteiger partial charge in [0.05, 0.1) is 5.69 Å². The van der Waals surface area contributed by atoms with Crippen LogP contribution < -0.4 is 0 Å². The van der Waals surface area contributed by atoms with Gasteiger partial charge in [0.15, 0.2) is 0 Å². The van der Waals surface area contributed by atoms with E-state index in [4.69, 9.17) is 0 Å². The number of nitrogens with zero attached hydrogens (tertiary/aromatic N) is 2. The van der Waals surface area contributed by atoms with Crippen LogP contribution in [-0.2, 0) is 0 Å². The minimum absolute atomic E-state index is 0.858. The Balaban J connectivity index is 2.92. The van der Waals surface area contributed by atoms with Gasteiger partial charge < -0.3 is 0 Å². The van der Waals surface area contributed by atoms with Gasteiger partial charge in [-0.25, -0.2) is 4.98 Å². The van der Waals surface area contributed by atoms with Gasteiger partial charge in [-0.2, -0.15) is 0 Å². The first-order valence-corrected chi connectivity index (χ1v) is 4.09. The highest BCUT2D eigenvalue weighted by Crippen LogP contribution is 2.16. The van der Waals surface area contributed by atoms with Gasteiger partial charge in [0.1, 0.15) is 10.3 Å². The third-order valence-corrected chi connectivity index (χ3v) is 2.51. The fraction of sp³-hybridized carbons (Fsp3) is 0.125. The molecule has 0 unspecified atom stereocenters. The van der Waals surface area contributed by atoms with E-state index in [0.717, 1.165) is 15.9 Å². The Hall–Kier alpha value is -0.830. The van der Waals surface area contributed by atoms with Crippen molar-refractivity contribution in [3.05, 3.63) is 34.7 Å². The molecule has 0 saturated carbocycles. The number of rotatable bonds is 0. The summed E-state index contributed by atoms with van der Waals surface area (Å²) >= 11 is 3.43. The average molecular weight is 210 g/mol. The molecule has 2 heterocycles. The van der Waals surface area contributed by atoms with Crippen molar-refractivity contribution in [2.75, 3.05) is 0 Å². The molecule has 0 amide bonds. The molecule has 0 atom stereocenters. The van der Waals surface area contributed by atoms with Crippen LogP contribution in [0.5, 0.6) is 0 Å². The number of hydrogen-bond donors (Lipinski definition) is 0. The number of pyridine rings is 1. The lowest BCUT2D eigenvalue weighted by Gasteiger charge is -1.90. The standard InChI is InChI=1S/C8H6BrN2/c1-6-8(9)11-5-3-2-4-7(11)10-6/h2-3,5H,1H3.